The molecular weight excluding hydrogens is 210 g/mol. The molecule has 0 aromatic carbocycles. The molecule has 0 aromatic rings. The molecule has 96 valence electrons. The zero-order valence-electron chi connectivity index (χ0n) is 11.4. The van der Waals surface area contributed by atoms with Gasteiger partial charge in [-0.15, -0.1) is 11.8 Å². The molecule has 0 radical (unpaired) electrons. The number of amides is 1. The summed E-state index contributed by atoms with van der Waals surface area (Å²) in [6, 6.07) is 0. The smallest absolute Gasteiger partial charge is 0.207 e. The summed E-state index contributed by atoms with van der Waals surface area (Å²) < 4.78 is 0. The largest absolute Gasteiger partial charge is 0.359 e. The molecule has 17 heavy (non-hydrogen) atoms. The van der Waals surface area contributed by atoms with Crippen LogP contribution in [0, 0.1) is 29.1 Å². The van der Waals surface area contributed by atoms with Crippen molar-refractivity contribution in [2.24, 2.45) is 17.3 Å². The van der Waals surface area contributed by atoms with Gasteiger partial charge in [-0.1, -0.05) is 13.8 Å². The van der Waals surface area contributed by atoms with E-state index >= 15 is 0 Å². The summed E-state index contributed by atoms with van der Waals surface area (Å²) in [4.78, 5) is 10.3. The molecular formula is C15H25NO. The van der Waals surface area contributed by atoms with E-state index in [1.165, 1.54) is 19.3 Å². The average molecular weight is 235 g/mol. The highest BCUT2D eigenvalue weighted by molar-refractivity contribution is 5.45. The zero-order chi connectivity index (χ0) is 12.7. The van der Waals surface area contributed by atoms with E-state index in [9.17, 15) is 4.79 Å². The molecule has 1 rings (SSSR count). The van der Waals surface area contributed by atoms with Crippen LogP contribution in [0.15, 0.2) is 0 Å². The maximum absolute atomic E-state index is 10.3. The van der Waals surface area contributed by atoms with Crippen LogP contribution in [0.4, 0.5) is 0 Å². The van der Waals surface area contributed by atoms with Crippen molar-refractivity contribution in [1.29, 1.82) is 0 Å². The lowest BCUT2D eigenvalue weighted by atomic mass is 9.55. The Kier molecular flexibility index (Phi) is 5.55. The SMILES string of the molecule is CC#CCCC1(CCNC=O)CC(C(C)C)C1. The molecule has 0 spiro atoms. The van der Waals surface area contributed by atoms with Crippen molar-refractivity contribution in [3.63, 3.8) is 0 Å². The monoisotopic (exact) mass is 235 g/mol. The lowest BCUT2D eigenvalue weighted by Crippen LogP contribution is -2.41. The van der Waals surface area contributed by atoms with Gasteiger partial charge in [-0.25, -0.2) is 0 Å². The van der Waals surface area contributed by atoms with Gasteiger partial charge in [0.1, 0.15) is 0 Å². The Hall–Kier alpha value is -0.970. The van der Waals surface area contributed by atoms with Crippen molar-refractivity contribution in [3.8, 4) is 11.8 Å². The standard InChI is InChI=1S/C15H25NO/c1-4-5-6-7-15(8-9-16-12-17)10-14(11-15)13(2)3/h12-14H,6-11H2,1-3H3,(H,16,17). The maximum atomic E-state index is 10.3. The second kappa shape index (κ2) is 6.69. The molecule has 1 amide bonds. The summed E-state index contributed by atoms with van der Waals surface area (Å²) in [7, 11) is 0. The highest BCUT2D eigenvalue weighted by Crippen LogP contribution is 2.53. The van der Waals surface area contributed by atoms with Gasteiger partial charge >= 0.3 is 0 Å². The molecule has 0 heterocycles. The van der Waals surface area contributed by atoms with Crippen LogP contribution in [-0.4, -0.2) is 13.0 Å². The lowest BCUT2D eigenvalue weighted by Gasteiger charge is -2.50. The van der Waals surface area contributed by atoms with Crippen molar-refractivity contribution in [3.05, 3.63) is 0 Å². The molecule has 2 nitrogen and oxygen atoms in total. The first-order valence-corrected chi connectivity index (χ1v) is 6.70. The van der Waals surface area contributed by atoms with E-state index in [1.54, 1.807) is 0 Å². The van der Waals surface area contributed by atoms with Gasteiger partial charge in [-0.3, -0.25) is 4.79 Å². The van der Waals surface area contributed by atoms with Crippen LogP contribution in [0.5, 0.6) is 0 Å². The third-order valence-electron chi connectivity index (χ3n) is 4.17. The molecule has 0 bridgehead atoms. The molecule has 0 aromatic heterocycles. The Balaban J connectivity index is 2.42. The van der Waals surface area contributed by atoms with Crippen molar-refractivity contribution in [1.82, 2.24) is 5.32 Å². The van der Waals surface area contributed by atoms with Gasteiger partial charge < -0.3 is 5.32 Å². The molecule has 1 N–H and O–H groups in total. The summed E-state index contributed by atoms with van der Waals surface area (Å²) in [5.74, 6) is 7.80. The molecule has 0 atom stereocenters. The van der Waals surface area contributed by atoms with Crippen molar-refractivity contribution >= 4 is 6.41 Å². The minimum atomic E-state index is 0.453. The zero-order valence-corrected chi connectivity index (χ0v) is 11.4. The van der Waals surface area contributed by atoms with Crippen LogP contribution in [-0.2, 0) is 4.79 Å². The Morgan fingerprint density at radius 2 is 2.12 bits per heavy atom. The summed E-state index contributed by atoms with van der Waals surface area (Å²) in [6.07, 6.45) is 6.74. The summed E-state index contributed by atoms with van der Waals surface area (Å²) >= 11 is 0. The van der Waals surface area contributed by atoms with E-state index in [0.29, 0.717) is 5.41 Å². The Morgan fingerprint density at radius 1 is 1.41 bits per heavy atom. The van der Waals surface area contributed by atoms with E-state index in [2.05, 4.69) is 31.0 Å². The fraction of sp³-hybridized carbons (Fsp3) is 0.800. The van der Waals surface area contributed by atoms with Crippen molar-refractivity contribution < 1.29 is 4.79 Å². The van der Waals surface area contributed by atoms with Gasteiger partial charge in [0.05, 0.1) is 0 Å². The quantitative estimate of drug-likeness (QED) is 0.410. The van der Waals surface area contributed by atoms with Crippen molar-refractivity contribution in [2.75, 3.05) is 6.54 Å². The molecule has 1 aliphatic rings. The first-order chi connectivity index (χ1) is 8.13. The van der Waals surface area contributed by atoms with Crippen LogP contribution >= 0.6 is 0 Å². The van der Waals surface area contributed by atoms with Crippen LogP contribution in [0.25, 0.3) is 0 Å². The predicted octanol–water partition coefficient (Wildman–Crippen LogP) is 2.98. The Labute approximate surface area is 106 Å². The molecule has 0 aliphatic heterocycles. The fourth-order valence-corrected chi connectivity index (χ4v) is 2.91. The first kappa shape index (κ1) is 14.1. The third kappa shape index (κ3) is 4.07. The van der Waals surface area contributed by atoms with Crippen LogP contribution in [0.3, 0.4) is 0 Å². The third-order valence-corrected chi connectivity index (χ3v) is 4.17. The van der Waals surface area contributed by atoms with Gasteiger partial charge in [0.15, 0.2) is 0 Å². The van der Waals surface area contributed by atoms with Crippen LogP contribution < -0.4 is 5.32 Å². The normalized spacial score (nSPS) is 26.9. The minimum absolute atomic E-state index is 0.453. The Bertz CT molecular complexity index is 292. The summed E-state index contributed by atoms with van der Waals surface area (Å²) in [5, 5.41) is 2.79. The molecule has 2 heteroatoms. The first-order valence-electron chi connectivity index (χ1n) is 6.70. The van der Waals surface area contributed by atoms with Crippen LogP contribution in [0.1, 0.15) is 52.9 Å². The predicted molar refractivity (Wildman–Crippen MR) is 71.4 cm³/mol. The number of carbonyl (C=O) groups is 1. The van der Waals surface area contributed by atoms with Gasteiger partial charge in [0.2, 0.25) is 6.41 Å². The Morgan fingerprint density at radius 3 is 2.65 bits per heavy atom. The van der Waals surface area contributed by atoms with Gasteiger partial charge in [0.25, 0.3) is 0 Å². The number of hydrogen-bond donors (Lipinski definition) is 1. The lowest BCUT2D eigenvalue weighted by molar-refractivity contribution is -0.109. The number of rotatable bonds is 7. The topological polar surface area (TPSA) is 29.1 Å². The summed E-state index contributed by atoms with van der Waals surface area (Å²) in [5.41, 5.74) is 0.453. The van der Waals surface area contributed by atoms with E-state index in [4.69, 9.17) is 0 Å². The van der Waals surface area contributed by atoms with Gasteiger partial charge in [-0.2, -0.15) is 0 Å². The van der Waals surface area contributed by atoms with Gasteiger partial charge in [-0.05, 0) is 49.9 Å². The number of carbonyl (C=O) groups excluding carboxylic acids is 1. The second-order valence-corrected chi connectivity index (χ2v) is 5.66. The number of nitrogens with one attached hydrogen (secondary N) is 1. The number of hydrogen-bond acceptors (Lipinski definition) is 1. The molecule has 1 aliphatic carbocycles. The fourth-order valence-electron chi connectivity index (χ4n) is 2.91. The van der Waals surface area contributed by atoms with E-state index in [1.807, 2.05) is 6.92 Å². The van der Waals surface area contributed by atoms with E-state index in [0.717, 1.165) is 37.6 Å². The van der Waals surface area contributed by atoms with Crippen LogP contribution in [0.2, 0.25) is 0 Å². The molecule has 0 saturated heterocycles. The molecule has 1 fully saturated rings. The summed E-state index contributed by atoms with van der Waals surface area (Å²) in [6.45, 7) is 7.33. The highest BCUT2D eigenvalue weighted by atomic mass is 16.1. The van der Waals surface area contributed by atoms with Gasteiger partial charge in [0, 0.05) is 13.0 Å². The molecule has 0 unspecified atom stereocenters. The maximum Gasteiger partial charge on any atom is 0.207 e. The van der Waals surface area contributed by atoms with Crippen molar-refractivity contribution in [2.45, 2.75) is 52.9 Å². The van der Waals surface area contributed by atoms with E-state index < -0.39 is 0 Å². The highest BCUT2D eigenvalue weighted by Gasteiger charge is 2.43. The second-order valence-electron chi connectivity index (χ2n) is 5.66. The molecule has 1 saturated carbocycles. The minimum Gasteiger partial charge on any atom is -0.359 e. The average Bonchev–Trinajstić information content (AvgIpc) is 2.24. The van der Waals surface area contributed by atoms with E-state index in [-0.39, 0.29) is 0 Å².